The molecule has 4 rings (SSSR count). The molecule has 1 amide bonds. The van der Waals surface area contributed by atoms with Gasteiger partial charge in [-0.3, -0.25) is 116 Å². The summed E-state index contributed by atoms with van der Waals surface area (Å²) in [7, 11) is 0. The highest BCUT2D eigenvalue weighted by Gasteiger charge is 2.47. The van der Waals surface area contributed by atoms with Crippen LogP contribution in [-0.2, 0) is 57.5 Å². The van der Waals surface area contributed by atoms with Crippen LogP contribution in [0.1, 0.15) is 76.0 Å². The highest BCUT2D eigenvalue weighted by atomic mass is 16.4. The third-order valence-corrected chi connectivity index (χ3v) is 16.2. The number of hydrogen-bond donors (Lipinski definition) is 13. The lowest BCUT2D eigenvalue weighted by molar-refractivity contribution is -0.148. The average Bonchev–Trinajstić information content (AvgIpc) is 1.80. The second kappa shape index (κ2) is 35.4. The van der Waals surface area contributed by atoms with Crippen LogP contribution >= 0.6 is 0 Å². The molecular formula is C56H80N10O27. The number of amides is 1. The lowest BCUT2D eigenvalue weighted by Crippen LogP contribution is -2.63. The Labute approximate surface area is 530 Å². The molecule has 0 radical (unpaired) electrons. The molecule has 37 nitrogen and oxygen atoms in total. The SMILES string of the molecule is O=C(O)CN1CCN(CC(=O)O)CC(CCCC(=O)c2cc(C(=O)CCCC3(N(CC(=O)O)CC(=O)O)CN(CC(=O)O)CCN(CC(=O)O)C3)cc(C(=O)NCCC3(N(CC(=O)O)CC(=O)O)CN(CC(=O)O)CCN(CC(=O)O)C3)c2)(N(CC(=O)O)CC(=O)O)C1. The number of carboxylic acid groups (broad SMARTS) is 12. The maximum absolute atomic E-state index is 14.7. The second-order valence-electron chi connectivity index (χ2n) is 23.6. The largest absolute Gasteiger partial charge is 0.480 e. The molecule has 0 saturated carbocycles. The summed E-state index contributed by atoms with van der Waals surface area (Å²) in [5, 5.41) is 122. The Hall–Kier alpha value is -8.69. The van der Waals surface area contributed by atoms with Crippen molar-refractivity contribution in [2.24, 2.45) is 0 Å². The lowest BCUT2D eigenvalue weighted by Gasteiger charge is -2.45. The molecule has 0 aliphatic carbocycles. The summed E-state index contributed by atoms with van der Waals surface area (Å²) in [6, 6.07) is 3.23. The van der Waals surface area contributed by atoms with Crippen molar-refractivity contribution in [3.63, 3.8) is 0 Å². The van der Waals surface area contributed by atoms with Gasteiger partial charge in [0, 0.05) is 131 Å². The Morgan fingerprint density at radius 2 is 0.538 bits per heavy atom. The number of carbonyl (C=O) groups is 15. The van der Waals surface area contributed by atoms with Crippen molar-refractivity contribution in [2.45, 2.75) is 61.6 Å². The van der Waals surface area contributed by atoms with Crippen molar-refractivity contribution in [3.8, 4) is 0 Å². The number of rotatable bonds is 41. The van der Waals surface area contributed by atoms with Gasteiger partial charge in [0.2, 0.25) is 0 Å². The van der Waals surface area contributed by atoms with Gasteiger partial charge in [-0.05, 0) is 50.3 Å². The molecule has 3 aliphatic heterocycles. The number of hydrogen-bond acceptors (Lipinski definition) is 24. The first-order valence-electron chi connectivity index (χ1n) is 29.2. The Morgan fingerprint density at radius 1 is 0.323 bits per heavy atom. The Kier molecular flexibility index (Phi) is 29.2. The Morgan fingerprint density at radius 3 is 0.753 bits per heavy atom. The van der Waals surface area contributed by atoms with E-state index in [9.17, 15) is 133 Å². The number of carbonyl (C=O) groups excluding carboxylic acids is 3. The van der Waals surface area contributed by atoms with Crippen molar-refractivity contribution < 1.29 is 133 Å². The van der Waals surface area contributed by atoms with Crippen LogP contribution < -0.4 is 5.32 Å². The van der Waals surface area contributed by atoms with E-state index in [1.807, 2.05) is 0 Å². The fourth-order valence-electron chi connectivity index (χ4n) is 12.7. The van der Waals surface area contributed by atoms with Crippen LogP contribution in [0.4, 0.5) is 0 Å². The van der Waals surface area contributed by atoms with Gasteiger partial charge in [-0.2, -0.15) is 0 Å². The van der Waals surface area contributed by atoms with E-state index < -0.39 is 209 Å². The monoisotopic (exact) mass is 1320 g/mol. The van der Waals surface area contributed by atoms with E-state index in [2.05, 4.69) is 5.32 Å². The highest BCUT2D eigenvalue weighted by Crippen LogP contribution is 2.32. The first-order chi connectivity index (χ1) is 43.5. The summed E-state index contributed by atoms with van der Waals surface area (Å²) in [6.45, 7) is -12.6. The van der Waals surface area contributed by atoms with E-state index in [0.717, 1.165) is 32.9 Å². The number of ketones is 2. The number of Topliss-reactive ketones (excluding diaryl/α,β-unsaturated/α-hetero) is 2. The summed E-state index contributed by atoms with van der Waals surface area (Å²) >= 11 is 0. The molecule has 93 heavy (non-hydrogen) atoms. The van der Waals surface area contributed by atoms with Crippen LogP contribution in [0.2, 0.25) is 0 Å². The molecule has 0 bridgehead atoms. The zero-order chi connectivity index (χ0) is 69.5. The number of carboxylic acids is 12. The fourth-order valence-corrected chi connectivity index (χ4v) is 12.7. The number of nitrogens with zero attached hydrogens (tertiary/aromatic N) is 9. The molecule has 0 aromatic heterocycles. The van der Waals surface area contributed by atoms with Gasteiger partial charge in [-0.1, -0.05) is 0 Å². The summed E-state index contributed by atoms with van der Waals surface area (Å²) in [5.74, 6) is -19.8. The first kappa shape index (κ1) is 76.8. The van der Waals surface area contributed by atoms with Gasteiger partial charge in [-0.25, -0.2) is 0 Å². The van der Waals surface area contributed by atoms with Gasteiger partial charge in [0.05, 0.1) is 78.5 Å². The molecule has 0 unspecified atom stereocenters. The number of nitrogens with one attached hydrogen (secondary N) is 1. The van der Waals surface area contributed by atoms with E-state index in [1.165, 1.54) is 29.4 Å². The molecule has 3 heterocycles. The van der Waals surface area contributed by atoms with Crippen LogP contribution in [-0.4, -0.2) is 375 Å². The van der Waals surface area contributed by atoms with E-state index in [0.29, 0.717) is 0 Å². The minimum absolute atomic E-state index is 0.0631. The molecule has 0 atom stereocenters. The highest BCUT2D eigenvalue weighted by molar-refractivity contribution is 6.05. The zero-order valence-electron chi connectivity index (χ0n) is 50.9. The molecule has 3 saturated heterocycles. The summed E-state index contributed by atoms with van der Waals surface area (Å²) in [5.41, 5.74) is -6.15. The van der Waals surface area contributed by atoms with E-state index in [1.54, 1.807) is 0 Å². The van der Waals surface area contributed by atoms with Gasteiger partial charge < -0.3 is 66.6 Å². The quantitative estimate of drug-likeness (QED) is 0.0275. The maximum atomic E-state index is 14.7. The van der Waals surface area contributed by atoms with Gasteiger partial charge >= 0.3 is 71.6 Å². The van der Waals surface area contributed by atoms with E-state index >= 15 is 0 Å². The molecule has 37 heteroatoms. The molecule has 0 spiro atoms. The minimum atomic E-state index is -1.73. The van der Waals surface area contributed by atoms with Crippen LogP contribution in [0.15, 0.2) is 18.2 Å². The maximum Gasteiger partial charge on any atom is 0.317 e. The van der Waals surface area contributed by atoms with Gasteiger partial charge in [-0.15, -0.1) is 0 Å². The van der Waals surface area contributed by atoms with Crippen LogP contribution in [0, 0.1) is 0 Å². The molecular weight excluding hydrogens is 1240 g/mol. The standard InChI is InChI=1S/C56H80N10O27/c67-39(3-1-5-54(64(24-47(81)82)25-48(83)84)30-58(18-41(69)70)9-10-59(31-54)19-42(71)72)36-15-37(40(68)4-2-6-55(65(26-49(85)86)27-50(87)88)32-60(20-43(73)74)11-12-61(33-55)21-44(75)76)17-38(16-36)53(93)57-8-7-56(66(28-51(89)90)29-52(91)92)34-62(22-45(77)78)13-14-63(35-56)23-46(79)80/h15-17H,1-14,18-35H2,(H,57,93)(H,69,70)(H,71,72)(H,73,74)(H,75,76)(H,77,78)(H,79,80)(H,81,82)(H,83,84)(H,85,86)(H,87,88)(H,89,90)(H,91,92). The van der Waals surface area contributed by atoms with Crippen molar-refractivity contribution in [2.75, 3.05) is 164 Å². The molecule has 516 valence electrons. The summed E-state index contributed by atoms with van der Waals surface area (Å²) in [4.78, 5) is 201. The predicted molar refractivity (Wildman–Crippen MR) is 313 cm³/mol. The van der Waals surface area contributed by atoms with E-state index in [-0.39, 0.29) is 122 Å². The predicted octanol–water partition coefficient (Wildman–Crippen LogP) is -4.50. The molecule has 1 aromatic carbocycles. The molecule has 3 aliphatic rings. The fraction of sp³-hybridized carbons (Fsp3) is 0.625. The lowest BCUT2D eigenvalue weighted by atomic mass is 9.86. The number of benzene rings is 1. The number of aliphatic carboxylic acids is 12. The average molecular weight is 1330 g/mol. The van der Waals surface area contributed by atoms with Crippen molar-refractivity contribution >= 4 is 89.1 Å². The van der Waals surface area contributed by atoms with Gasteiger partial charge in [0.15, 0.2) is 11.6 Å². The Bertz CT molecular complexity index is 2520. The van der Waals surface area contributed by atoms with Crippen LogP contribution in [0.5, 0.6) is 0 Å². The third kappa shape index (κ3) is 25.4. The minimum Gasteiger partial charge on any atom is -0.480 e. The van der Waals surface area contributed by atoms with E-state index in [4.69, 9.17) is 0 Å². The van der Waals surface area contributed by atoms with Crippen LogP contribution in [0.25, 0.3) is 0 Å². The van der Waals surface area contributed by atoms with Crippen molar-refractivity contribution in [1.29, 1.82) is 0 Å². The normalized spacial score (nSPS) is 17.5. The van der Waals surface area contributed by atoms with Crippen molar-refractivity contribution in [1.82, 2.24) is 49.4 Å². The van der Waals surface area contributed by atoms with Gasteiger partial charge in [0.1, 0.15) is 0 Å². The van der Waals surface area contributed by atoms with Crippen LogP contribution in [0.3, 0.4) is 0 Å². The molecule has 13 N–H and O–H groups in total. The topological polar surface area (TPSA) is 540 Å². The molecule has 3 fully saturated rings. The Balaban J connectivity index is 1.87. The third-order valence-electron chi connectivity index (χ3n) is 16.2. The first-order valence-corrected chi connectivity index (χ1v) is 29.2. The van der Waals surface area contributed by atoms with Gasteiger partial charge in [0.25, 0.3) is 5.91 Å². The van der Waals surface area contributed by atoms with Crippen molar-refractivity contribution in [3.05, 3.63) is 34.9 Å². The summed E-state index contributed by atoms with van der Waals surface area (Å²) < 4.78 is 0. The second-order valence-corrected chi connectivity index (χ2v) is 23.6. The molecule has 1 aromatic rings. The summed E-state index contributed by atoms with van der Waals surface area (Å²) in [6.07, 6.45) is -2.54. The zero-order valence-corrected chi connectivity index (χ0v) is 50.9. The smallest absolute Gasteiger partial charge is 0.317 e.